The molecule has 2 fully saturated rings. The number of ether oxygens (including phenoxy) is 2. The normalized spacial score (nSPS) is 22.5. The van der Waals surface area contributed by atoms with Gasteiger partial charge in [0.2, 0.25) is 11.8 Å². The lowest BCUT2D eigenvalue weighted by atomic mass is 9.84. The molecule has 6 heterocycles. The fourth-order valence-electron chi connectivity index (χ4n) is 9.35. The van der Waals surface area contributed by atoms with Crippen LogP contribution < -0.4 is 10.7 Å². The smallest absolute Gasteiger partial charge is 0.324 e. The van der Waals surface area contributed by atoms with Crippen molar-refractivity contribution < 1.29 is 33.4 Å². The Hall–Kier alpha value is -5.23. The first kappa shape index (κ1) is 47.7. The molecule has 5 amide bonds. The highest BCUT2D eigenvalue weighted by atomic mass is 32.1. The van der Waals surface area contributed by atoms with Gasteiger partial charge < -0.3 is 29.5 Å². The van der Waals surface area contributed by atoms with Crippen LogP contribution in [0.1, 0.15) is 83.7 Å². The second kappa shape index (κ2) is 19.7. The molecule has 65 heavy (non-hydrogen) atoms. The minimum absolute atomic E-state index is 0.0735. The number of likely N-dealkylation sites (N-methyl/N-ethyl adjacent to an activating group) is 1. The van der Waals surface area contributed by atoms with E-state index in [4.69, 9.17) is 19.4 Å². The van der Waals surface area contributed by atoms with Crippen LogP contribution in [0.2, 0.25) is 0 Å². The van der Waals surface area contributed by atoms with Gasteiger partial charge >= 0.3 is 12.0 Å². The topological polar surface area (TPSA) is 167 Å². The van der Waals surface area contributed by atoms with Crippen molar-refractivity contribution in [3.05, 3.63) is 70.8 Å². The number of carbonyl (C=O) groups is 5. The van der Waals surface area contributed by atoms with Gasteiger partial charge in [-0.15, -0.1) is 22.7 Å². The first-order valence-corrected chi connectivity index (χ1v) is 24.1. The zero-order chi connectivity index (χ0) is 46.9. The van der Waals surface area contributed by atoms with E-state index in [0.29, 0.717) is 43.9 Å². The Morgan fingerprint density at radius 1 is 1.12 bits per heavy atom. The number of benzene rings is 1. The molecule has 1 aromatic carbocycles. The molecule has 7 rings (SSSR count). The van der Waals surface area contributed by atoms with E-state index in [1.165, 1.54) is 27.3 Å². The van der Waals surface area contributed by atoms with Crippen LogP contribution in [0.5, 0.6) is 0 Å². The number of fused-ring (bicyclic) bond motifs is 6. The fourth-order valence-corrected chi connectivity index (χ4v) is 11.4. The molecule has 4 aromatic rings. The summed E-state index contributed by atoms with van der Waals surface area (Å²) in [6.07, 6.45) is 4.50. The number of pyridine rings is 1. The van der Waals surface area contributed by atoms with Crippen molar-refractivity contribution in [3.8, 4) is 21.7 Å². The predicted octanol–water partition coefficient (Wildman–Crippen LogP) is 6.63. The Balaban J connectivity index is 1.23. The molecule has 17 heteroatoms. The molecule has 0 spiro atoms. The summed E-state index contributed by atoms with van der Waals surface area (Å²) in [5.74, 6) is -1.91. The first-order chi connectivity index (χ1) is 30.9. The number of thiophene rings is 1. The van der Waals surface area contributed by atoms with E-state index >= 15 is 0 Å². The van der Waals surface area contributed by atoms with Crippen molar-refractivity contribution in [2.24, 2.45) is 11.3 Å². The summed E-state index contributed by atoms with van der Waals surface area (Å²) >= 11 is 3.10. The molecular weight excluding hydrogens is 865 g/mol. The van der Waals surface area contributed by atoms with Crippen LogP contribution in [0.15, 0.2) is 54.6 Å². The van der Waals surface area contributed by atoms with Crippen LogP contribution in [0.25, 0.3) is 31.8 Å². The Bertz CT molecular complexity index is 2440. The zero-order valence-corrected chi connectivity index (χ0v) is 40.5. The quantitative estimate of drug-likeness (QED) is 0.145. The molecule has 2 N–H and O–H groups in total. The van der Waals surface area contributed by atoms with Crippen LogP contribution >= 0.6 is 22.7 Å². The summed E-state index contributed by atoms with van der Waals surface area (Å²) in [6.45, 7) is 18.4. The molecule has 0 radical (unpaired) electrons. The van der Waals surface area contributed by atoms with Crippen LogP contribution in [-0.2, 0) is 41.5 Å². The summed E-state index contributed by atoms with van der Waals surface area (Å²) < 4.78 is 12.9. The van der Waals surface area contributed by atoms with Crippen molar-refractivity contribution in [2.45, 2.75) is 110 Å². The number of hydrogen-bond donors (Lipinski definition) is 2. The zero-order valence-electron chi connectivity index (χ0n) is 38.9. The second-order valence-corrected chi connectivity index (χ2v) is 20.7. The number of piperazine rings is 1. The number of methoxy groups -OCH3 is 1. The van der Waals surface area contributed by atoms with E-state index < -0.39 is 41.3 Å². The maximum absolute atomic E-state index is 14.6. The number of nitrogens with zero attached hydrogens (tertiary/aromatic N) is 6. The van der Waals surface area contributed by atoms with E-state index in [9.17, 15) is 24.0 Å². The maximum Gasteiger partial charge on any atom is 0.324 e. The molecule has 0 unspecified atom stereocenters. The summed E-state index contributed by atoms with van der Waals surface area (Å²) in [6, 6.07) is 6.55. The van der Waals surface area contributed by atoms with Gasteiger partial charge in [0.05, 0.1) is 29.1 Å². The molecule has 2 saturated heterocycles. The van der Waals surface area contributed by atoms with Crippen molar-refractivity contribution >= 4 is 62.5 Å². The average molecular weight is 927 g/mol. The number of nitrogens with one attached hydrogen (secondary N) is 2. The summed E-state index contributed by atoms with van der Waals surface area (Å²) in [7, 11) is 3.28. The van der Waals surface area contributed by atoms with Crippen LogP contribution in [0.4, 0.5) is 4.79 Å². The second-order valence-electron chi connectivity index (χ2n) is 18.7. The number of rotatable bonds is 8. The number of cyclic esters (lactones) is 1. The van der Waals surface area contributed by atoms with E-state index in [0.717, 1.165) is 43.0 Å². The van der Waals surface area contributed by atoms with E-state index in [1.807, 2.05) is 46.1 Å². The van der Waals surface area contributed by atoms with Gasteiger partial charge in [0.15, 0.2) is 0 Å². The number of esters is 1. The third-order valence-corrected chi connectivity index (χ3v) is 14.8. The molecule has 348 valence electrons. The molecule has 6 bridgehead atoms. The molecule has 6 atom stereocenters. The molecule has 15 nitrogen and oxygen atoms in total. The number of aromatic nitrogens is 2. The van der Waals surface area contributed by atoms with Gasteiger partial charge in [-0.3, -0.25) is 29.2 Å². The lowest BCUT2D eigenvalue weighted by molar-refractivity contribution is -0.155. The maximum atomic E-state index is 14.6. The molecular formula is C48H62N8O7S2. The van der Waals surface area contributed by atoms with Crippen LogP contribution in [0, 0.1) is 11.3 Å². The van der Waals surface area contributed by atoms with Gasteiger partial charge in [0, 0.05) is 90.0 Å². The number of amides is 5. The van der Waals surface area contributed by atoms with Gasteiger partial charge in [0.25, 0.3) is 5.91 Å². The minimum atomic E-state index is -1.09. The molecule has 0 aliphatic carbocycles. The average Bonchev–Trinajstić information content (AvgIpc) is 3.90. The third-order valence-electron chi connectivity index (χ3n) is 12.7. The Kier molecular flexibility index (Phi) is 14.5. The Morgan fingerprint density at radius 3 is 2.55 bits per heavy atom. The van der Waals surface area contributed by atoms with Crippen molar-refractivity contribution in [1.82, 2.24) is 40.4 Å². The monoisotopic (exact) mass is 926 g/mol. The van der Waals surface area contributed by atoms with Gasteiger partial charge in [-0.05, 0) is 81.2 Å². The van der Waals surface area contributed by atoms with E-state index in [1.54, 1.807) is 41.5 Å². The van der Waals surface area contributed by atoms with Crippen molar-refractivity contribution in [3.63, 3.8) is 0 Å². The van der Waals surface area contributed by atoms with Gasteiger partial charge in [-0.1, -0.05) is 46.4 Å². The van der Waals surface area contributed by atoms with Crippen LogP contribution in [-0.4, -0.2) is 130 Å². The summed E-state index contributed by atoms with van der Waals surface area (Å²) in [5.41, 5.74) is 7.25. The van der Waals surface area contributed by atoms with Crippen molar-refractivity contribution in [1.29, 1.82) is 0 Å². The largest absolute Gasteiger partial charge is 0.464 e. The van der Waals surface area contributed by atoms with E-state index in [-0.39, 0.29) is 49.1 Å². The highest BCUT2D eigenvalue weighted by Crippen LogP contribution is 2.45. The van der Waals surface area contributed by atoms with Gasteiger partial charge in [0.1, 0.15) is 18.1 Å². The number of hydrazine groups is 1. The lowest BCUT2D eigenvalue weighted by Gasteiger charge is -2.46. The highest BCUT2D eigenvalue weighted by Gasteiger charge is 2.41. The van der Waals surface area contributed by atoms with E-state index in [2.05, 4.69) is 55.4 Å². The third kappa shape index (κ3) is 10.1. The van der Waals surface area contributed by atoms with Crippen LogP contribution in [0.3, 0.4) is 0 Å². The minimum Gasteiger partial charge on any atom is -0.464 e. The number of thiazole rings is 1. The number of hydrogen-bond acceptors (Lipinski definition) is 12. The Labute approximate surface area is 389 Å². The lowest BCUT2D eigenvalue weighted by Crippen LogP contribution is -2.65. The highest BCUT2D eigenvalue weighted by molar-refractivity contribution is 7.22. The fraction of sp³-hybridized carbons (Fsp3) is 0.521. The van der Waals surface area contributed by atoms with Gasteiger partial charge in [-0.2, -0.15) is 0 Å². The Morgan fingerprint density at radius 2 is 1.86 bits per heavy atom. The SMILES string of the molecule is C=CC(=O)N1C[C@@H](C)N(C(=O)N(C)[C@H](C(=O)N[C@H]2Cc3nc(cs3)-c3ccc4sc(-c5cccnc5[C@H](C)OC)c(c4c3)CC(C)(C)COC(=O)[C@@H]3CCCN(N3)C2=O)C(C)C)[C@H](C)C1. The predicted molar refractivity (Wildman–Crippen MR) is 253 cm³/mol. The van der Waals surface area contributed by atoms with Gasteiger partial charge in [-0.25, -0.2) is 15.2 Å². The molecule has 0 saturated carbocycles. The summed E-state index contributed by atoms with van der Waals surface area (Å²) in [5, 5.41) is 8.12. The first-order valence-electron chi connectivity index (χ1n) is 22.4. The number of urea groups is 1. The molecule has 3 aliphatic rings. The molecule has 3 aliphatic heterocycles. The standard InChI is InChI=1S/C48H62N8O7S2/c1-11-40(57)54-23-28(4)56(29(5)24-54)47(61)53(9)42(27(2)3)44(58)51-36-21-39-50-37(25-64-39)31-16-17-38-33(20-31)34(43(65-38)32-14-12-18-49-41(32)30(6)62-10)22-48(7,8)26-63-46(60)35-15-13-19-55(52-35)45(36)59/h11-12,14,16-18,20,25,27-30,35-36,42,52H,1,13,15,19,21-24,26H2,2-10H3,(H,51,58)/t28-,29-,30+,35+,36+,42+/m1/s1. The molecule has 3 aromatic heterocycles. The number of carbonyl (C=O) groups excluding carboxylic acids is 5. The summed E-state index contributed by atoms with van der Waals surface area (Å²) in [4.78, 5) is 85.4. The van der Waals surface area contributed by atoms with Crippen molar-refractivity contribution in [2.75, 3.05) is 40.4 Å².